The lowest BCUT2D eigenvalue weighted by molar-refractivity contribution is 0.0698. The molecule has 0 radical (unpaired) electrons. The van der Waals surface area contributed by atoms with E-state index < -0.39 is 0 Å². The van der Waals surface area contributed by atoms with Crippen LogP contribution in [0.4, 0.5) is 4.39 Å². The zero-order valence-electron chi connectivity index (χ0n) is 15.8. The van der Waals surface area contributed by atoms with Crippen LogP contribution in [0.15, 0.2) is 60.8 Å². The molecule has 1 aliphatic rings. The fraction of sp³-hybridized carbons (Fsp3) is 0.227. The molecule has 146 valence electrons. The number of likely N-dealkylation sites (tertiary alicyclic amines) is 1. The average molecular weight is 389 g/mol. The molecule has 1 amide bonds. The third-order valence-corrected chi connectivity index (χ3v) is 5.38. The summed E-state index contributed by atoms with van der Waals surface area (Å²) in [6.45, 7) is 1.30. The zero-order chi connectivity index (χ0) is 19.8. The van der Waals surface area contributed by atoms with Crippen molar-refractivity contribution in [2.75, 3.05) is 13.1 Å². The Morgan fingerprint density at radius 3 is 2.90 bits per heavy atom. The molecule has 0 saturated carbocycles. The van der Waals surface area contributed by atoms with E-state index in [0.717, 1.165) is 29.7 Å². The monoisotopic (exact) mass is 389 g/mol. The first-order valence-electron chi connectivity index (χ1n) is 9.73. The fourth-order valence-corrected chi connectivity index (χ4v) is 3.91. The molecular weight excluding hydrogens is 369 g/mol. The second kappa shape index (κ2) is 7.16. The number of piperidine rings is 1. The number of amides is 1. The second-order valence-electron chi connectivity index (χ2n) is 7.35. The van der Waals surface area contributed by atoms with Gasteiger partial charge >= 0.3 is 0 Å². The summed E-state index contributed by atoms with van der Waals surface area (Å²) in [6, 6.07) is 15.8. The second-order valence-corrected chi connectivity index (χ2v) is 7.35. The molecule has 0 bridgehead atoms. The summed E-state index contributed by atoms with van der Waals surface area (Å²) in [5.74, 6) is 0.649. The molecule has 7 heteroatoms. The highest BCUT2D eigenvalue weighted by atomic mass is 19.1. The number of rotatable bonds is 3. The van der Waals surface area contributed by atoms with Gasteiger partial charge in [-0.3, -0.25) is 4.79 Å². The Morgan fingerprint density at radius 1 is 1.14 bits per heavy atom. The Bertz CT molecular complexity index is 1150. The molecule has 4 aromatic rings. The maximum Gasteiger partial charge on any atom is 0.274 e. The predicted octanol–water partition coefficient (Wildman–Crippen LogP) is 3.91. The summed E-state index contributed by atoms with van der Waals surface area (Å²) in [5.41, 5.74) is 2.90. The molecule has 0 spiro atoms. The molecule has 1 unspecified atom stereocenters. The first kappa shape index (κ1) is 17.6. The van der Waals surface area contributed by atoms with Crippen molar-refractivity contribution in [3.8, 4) is 5.69 Å². The highest BCUT2D eigenvalue weighted by Crippen LogP contribution is 2.27. The van der Waals surface area contributed by atoms with Crippen LogP contribution in [0, 0.1) is 5.82 Å². The molecule has 2 aromatic heterocycles. The first-order valence-corrected chi connectivity index (χ1v) is 9.73. The molecule has 1 atom stereocenters. The van der Waals surface area contributed by atoms with Gasteiger partial charge in [-0.15, -0.1) is 0 Å². The first-order chi connectivity index (χ1) is 14.2. The summed E-state index contributed by atoms with van der Waals surface area (Å²) < 4.78 is 15.0. The van der Waals surface area contributed by atoms with Crippen molar-refractivity contribution < 1.29 is 9.18 Å². The highest BCUT2D eigenvalue weighted by molar-refractivity contribution is 5.92. The van der Waals surface area contributed by atoms with Crippen LogP contribution in [-0.2, 0) is 0 Å². The van der Waals surface area contributed by atoms with E-state index in [1.54, 1.807) is 24.4 Å². The van der Waals surface area contributed by atoms with Crippen LogP contribution < -0.4 is 0 Å². The molecule has 3 heterocycles. The summed E-state index contributed by atoms with van der Waals surface area (Å²) in [4.78, 5) is 22.9. The van der Waals surface area contributed by atoms with Crippen molar-refractivity contribution >= 4 is 16.9 Å². The van der Waals surface area contributed by atoms with Crippen LogP contribution in [0.25, 0.3) is 16.7 Å². The van der Waals surface area contributed by atoms with E-state index >= 15 is 0 Å². The van der Waals surface area contributed by atoms with Gasteiger partial charge in [-0.1, -0.05) is 18.2 Å². The minimum Gasteiger partial charge on any atom is -0.342 e. The quantitative estimate of drug-likeness (QED) is 0.578. The molecule has 2 aromatic carbocycles. The third-order valence-electron chi connectivity index (χ3n) is 5.38. The molecule has 6 nitrogen and oxygen atoms in total. The van der Waals surface area contributed by atoms with Crippen LogP contribution >= 0.6 is 0 Å². The Morgan fingerprint density at radius 2 is 2.03 bits per heavy atom. The lowest BCUT2D eigenvalue weighted by Gasteiger charge is -2.31. The number of benzene rings is 2. The molecule has 1 aliphatic heterocycles. The van der Waals surface area contributed by atoms with E-state index in [4.69, 9.17) is 4.98 Å². The summed E-state index contributed by atoms with van der Waals surface area (Å²) in [7, 11) is 0. The topological polar surface area (TPSA) is 66.8 Å². The van der Waals surface area contributed by atoms with Gasteiger partial charge in [-0.2, -0.15) is 5.10 Å². The molecule has 29 heavy (non-hydrogen) atoms. The molecule has 5 rings (SSSR count). The lowest BCUT2D eigenvalue weighted by Crippen LogP contribution is -2.39. The average Bonchev–Trinajstić information content (AvgIpc) is 3.41. The van der Waals surface area contributed by atoms with Gasteiger partial charge in [-0.05, 0) is 49.2 Å². The van der Waals surface area contributed by atoms with Crippen LogP contribution in [0.2, 0.25) is 0 Å². The minimum atomic E-state index is -0.337. The number of para-hydroxylation sites is 2. The van der Waals surface area contributed by atoms with Gasteiger partial charge < -0.3 is 9.88 Å². The van der Waals surface area contributed by atoms with Crippen LogP contribution in [0.3, 0.4) is 0 Å². The van der Waals surface area contributed by atoms with Gasteiger partial charge in [-0.25, -0.2) is 14.1 Å². The Hall–Kier alpha value is -3.48. The number of carbonyl (C=O) groups is 1. The van der Waals surface area contributed by atoms with Crippen molar-refractivity contribution in [2.24, 2.45) is 0 Å². The van der Waals surface area contributed by atoms with Gasteiger partial charge in [0.2, 0.25) is 0 Å². The highest BCUT2D eigenvalue weighted by Gasteiger charge is 2.28. The van der Waals surface area contributed by atoms with Gasteiger partial charge in [0, 0.05) is 25.2 Å². The molecule has 0 aliphatic carbocycles. The predicted molar refractivity (Wildman–Crippen MR) is 107 cm³/mol. The number of nitrogens with one attached hydrogen (secondary N) is 1. The van der Waals surface area contributed by atoms with Crippen molar-refractivity contribution in [3.63, 3.8) is 0 Å². The van der Waals surface area contributed by atoms with E-state index in [0.29, 0.717) is 24.5 Å². The molecule has 1 N–H and O–H groups in total. The number of H-pyrrole nitrogens is 1. The van der Waals surface area contributed by atoms with E-state index in [1.807, 2.05) is 29.2 Å². The van der Waals surface area contributed by atoms with Gasteiger partial charge in [0.25, 0.3) is 5.91 Å². The van der Waals surface area contributed by atoms with Crippen molar-refractivity contribution in [2.45, 2.75) is 18.8 Å². The van der Waals surface area contributed by atoms with Crippen molar-refractivity contribution in [1.82, 2.24) is 24.6 Å². The van der Waals surface area contributed by atoms with Gasteiger partial charge in [0.15, 0.2) is 5.69 Å². The van der Waals surface area contributed by atoms with Gasteiger partial charge in [0.05, 0.1) is 16.7 Å². The van der Waals surface area contributed by atoms with Crippen LogP contribution in [0.1, 0.15) is 35.1 Å². The number of aromatic nitrogens is 4. The largest absolute Gasteiger partial charge is 0.342 e. The number of halogens is 1. The number of hydrogen-bond acceptors (Lipinski definition) is 3. The Labute approximate surface area is 167 Å². The molecular formula is C22H20FN5O. The van der Waals surface area contributed by atoms with E-state index in [1.165, 1.54) is 16.8 Å². The van der Waals surface area contributed by atoms with Crippen LogP contribution in [-0.4, -0.2) is 43.6 Å². The minimum absolute atomic E-state index is 0.110. The number of fused-ring (bicyclic) bond motifs is 1. The number of carbonyl (C=O) groups excluding carboxylic acids is 1. The standard InChI is InChI=1S/C22H20FN5O/c23-16-6-3-7-17(13-16)28-12-10-20(26-28)22(29)27-11-4-5-15(14-27)21-24-18-8-1-2-9-19(18)25-21/h1-3,6-10,12-13,15H,4-5,11,14H2,(H,24,25). The van der Waals surface area contributed by atoms with Crippen molar-refractivity contribution in [3.05, 3.63) is 78.1 Å². The SMILES string of the molecule is O=C(c1ccn(-c2cccc(F)c2)n1)N1CCCC(c2nc3ccccc3[nH]2)C1. The van der Waals surface area contributed by atoms with Crippen LogP contribution in [0.5, 0.6) is 0 Å². The Balaban J connectivity index is 1.35. The molecule has 1 fully saturated rings. The van der Waals surface area contributed by atoms with E-state index in [2.05, 4.69) is 10.1 Å². The Kier molecular flexibility index (Phi) is 4.35. The number of imidazole rings is 1. The number of nitrogens with zero attached hydrogens (tertiary/aromatic N) is 4. The van der Waals surface area contributed by atoms with Gasteiger partial charge in [0.1, 0.15) is 11.6 Å². The fourth-order valence-electron chi connectivity index (χ4n) is 3.91. The smallest absolute Gasteiger partial charge is 0.274 e. The zero-order valence-corrected chi connectivity index (χ0v) is 15.8. The summed E-state index contributed by atoms with van der Waals surface area (Å²) in [6.07, 6.45) is 3.59. The van der Waals surface area contributed by atoms with E-state index in [-0.39, 0.29) is 17.6 Å². The number of hydrogen-bond donors (Lipinski definition) is 1. The lowest BCUT2D eigenvalue weighted by atomic mass is 9.97. The number of aromatic amines is 1. The van der Waals surface area contributed by atoms with E-state index in [9.17, 15) is 9.18 Å². The summed E-state index contributed by atoms with van der Waals surface area (Å²) >= 11 is 0. The maximum absolute atomic E-state index is 13.5. The molecule has 1 saturated heterocycles. The summed E-state index contributed by atoms with van der Waals surface area (Å²) in [5, 5.41) is 4.36. The normalized spacial score (nSPS) is 17.0. The van der Waals surface area contributed by atoms with Crippen molar-refractivity contribution in [1.29, 1.82) is 0 Å². The maximum atomic E-state index is 13.5. The third kappa shape index (κ3) is 3.40.